The lowest BCUT2D eigenvalue weighted by Gasteiger charge is -2.16. The molecule has 77 heavy (non-hydrogen) atoms. The van der Waals surface area contributed by atoms with Crippen molar-refractivity contribution in [2.24, 2.45) is 0 Å². The van der Waals surface area contributed by atoms with Crippen molar-refractivity contribution in [1.82, 2.24) is 39.4 Å². The quantitative estimate of drug-likeness (QED) is 0.0419. The first-order valence-electron chi connectivity index (χ1n) is 23.8. The van der Waals surface area contributed by atoms with Gasteiger partial charge in [-0.25, -0.2) is 19.9 Å². The van der Waals surface area contributed by atoms with Crippen molar-refractivity contribution in [1.29, 1.82) is 0 Å². The van der Waals surface area contributed by atoms with Crippen molar-refractivity contribution in [3.8, 4) is 22.5 Å². The van der Waals surface area contributed by atoms with Gasteiger partial charge in [0.2, 0.25) is 23.4 Å². The predicted molar refractivity (Wildman–Crippen MR) is 271 cm³/mol. The van der Waals surface area contributed by atoms with Crippen molar-refractivity contribution in [3.05, 3.63) is 166 Å². The SMILES string of the molecule is Cc1cnc2nc(-c3ccc(C)c(NC(=O)c4ccc(CNC(=O)COCCOCCOCC(=O)NCc5ccc(C(=O)Nc6cc(-c7cn8cc(C)cnc8n7)ccc6C)c(C(F)(F)F)c5)cc4C(F)(F)F)c3)cn2c1. The summed E-state index contributed by atoms with van der Waals surface area (Å²) in [5.41, 5.74) is 2.55. The Balaban J connectivity index is 0.725. The number of halogens is 6. The summed E-state index contributed by atoms with van der Waals surface area (Å²) >= 11 is 0. The van der Waals surface area contributed by atoms with E-state index in [-0.39, 0.29) is 50.6 Å². The number of nitrogens with one attached hydrogen (secondary N) is 4. The lowest BCUT2D eigenvalue weighted by atomic mass is 10.0. The Morgan fingerprint density at radius 3 is 1.32 bits per heavy atom. The van der Waals surface area contributed by atoms with Crippen LogP contribution in [0.2, 0.25) is 0 Å². The van der Waals surface area contributed by atoms with Crippen molar-refractivity contribution in [2.75, 3.05) is 50.3 Å². The summed E-state index contributed by atoms with van der Waals surface area (Å²) in [5, 5.41) is 10.2. The normalized spacial score (nSPS) is 11.8. The van der Waals surface area contributed by atoms with Crippen LogP contribution in [0, 0.1) is 27.7 Å². The molecule has 4 amide bonds. The van der Waals surface area contributed by atoms with Crippen LogP contribution in [0.4, 0.5) is 37.7 Å². The summed E-state index contributed by atoms with van der Waals surface area (Å²) < 4.78 is 105. The van der Waals surface area contributed by atoms with Gasteiger partial charge in [-0.3, -0.25) is 28.0 Å². The van der Waals surface area contributed by atoms with Crippen molar-refractivity contribution >= 4 is 46.6 Å². The molecule has 17 nitrogen and oxygen atoms in total. The van der Waals surface area contributed by atoms with E-state index in [1.165, 1.54) is 12.1 Å². The second-order valence-corrected chi connectivity index (χ2v) is 17.9. The fraction of sp³-hybridized carbons (Fsp3) is 0.259. The first-order valence-corrected chi connectivity index (χ1v) is 23.8. The fourth-order valence-corrected chi connectivity index (χ4v) is 7.90. The number of amides is 4. The molecule has 0 fully saturated rings. The van der Waals surface area contributed by atoms with E-state index < -0.39 is 71.4 Å². The minimum absolute atomic E-state index is 0.0189. The predicted octanol–water partition coefficient (Wildman–Crippen LogP) is 8.86. The average molecular weight is 1070 g/mol. The van der Waals surface area contributed by atoms with E-state index in [1.54, 1.807) is 83.8 Å². The molecule has 8 rings (SSSR count). The number of aromatic nitrogens is 6. The third kappa shape index (κ3) is 14.0. The van der Waals surface area contributed by atoms with Gasteiger partial charge in [0.1, 0.15) is 13.2 Å². The number of ether oxygens (including phenoxy) is 3. The molecule has 4 aromatic heterocycles. The van der Waals surface area contributed by atoms with Gasteiger partial charge < -0.3 is 35.5 Å². The van der Waals surface area contributed by atoms with Crippen LogP contribution in [-0.4, -0.2) is 92.0 Å². The van der Waals surface area contributed by atoms with Gasteiger partial charge in [0.15, 0.2) is 0 Å². The lowest BCUT2D eigenvalue weighted by Crippen LogP contribution is -2.28. The number of hydrogen-bond donors (Lipinski definition) is 4. The van der Waals surface area contributed by atoms with Crippen LogP contribution in [0.1, 0.15) is 65.2 Å². The Bertz CT molecular complexity index is 3280. The summed E-state index contributed by atoms with van der Waals surface area (Å²) in [6.07, 6.45) is 0.769. The Labute approximate surface area is 436 Å². The highest BCUT2D eigenvalue weighted by molar-refractivity contribution is 6.07. The molecule has 0 saturated carbocycles. The van der Waals surface area contributed by atoms with E-state index >= 15 is 0 Å². The van der Waals surface area contributed by atoms with E-state index in [2.05, 4.69) is 41.2 Å². The van der Waals surface area contributed by atoms with Gasteiger partial charge in [-0.1, -0.05) is 36.4 Å². The summed E-state index contributed by atoms with van der Waals surface area (Å²) in [7, 11) is 0. The number of fused-ring (bicyclic) bond motifs is 2. The van der Waals surface area contributed by atoms with Crippen molar-refractivity contribution < 1.29 is 59.7 Å². The largest absolute Gasteiger partial charge is 0.417 e. The standard InChI is InChI=1S/C54H50F6N10O7/c1-31-21-63-51-67-45(27-69(51)25-31)37-9-5-33(3)43(19-37)65-49(73)39-11-7-35(17-41(39)53(55,56)57)23-61-47(71)29-76-15-13-75-14-16-77-30-48(72)62-24-36-8-12-40(42(18-36)54(58,59)60)50(74)66-44-20-38(10-6-34(44)4)46-28-70-26-32(2)22-64-52(70)68-46/h5-12,17-22,25-28H,13-16,23-24,29-30H2,1-4H3,(H,61,71)(H,62,72)(H,65,73)(H,66,74). The Morgan fingerprint density at radius 1 is 0.519 bits per heavy atom. The molecule has 4 N–H and O–H groups in total. The summed E-state index contributed by atoms with van der Waals surface area (Å²) in [4.78, 5) is 69.1. The van der Waals surface area contributed by atoms with Gasteiger partial charge >= 0.3 is 12.4 Å². The Kier molecular flexibility index (Phi) is 16.7. The van der Waals surface area contributed by atoms with Crippen LogP contribution in [0.15, 0.2) is 110 Å². The number of carbonyl (C=O) groups is 4. The maximum Gasteiger partial charge on any atom is 0.417 e. The fourth-order valence-electron chi connectivity index (χ4n) is 7.90. The molecule has 0 radical (unpaired) electrons. The lowest BCUT2D eigenvalue weighted by molar-refractivity contribution is -0.138. The summed E-state index contributed by atoms with van der Waals surface area (Å²) in [6, 6.07) is 16.6. The molecule has 0 atom stereocenters. The minimum Gasteiger partial charge on any atom is -0.377 e. The number of imidazole rings is 2. The van der Waals surface area contributed by atoms with E-state index in [0.29, 0.717) is 56.6 Å². The molecule has 0 aliphatic carbocycles. The van der Waals surface area contributed by atoms with E-state index in [4.69, 9.17) is 14.2 Å². The van der Waals surface area contributed by atoms with Crippen molar-refractivity contribution in [3.63, 3.8) is 0 Å². The van der Waals surface area contributed by atoms with Crippen LogP contribution in [-0.2, 0) is 49.2 Å². The zero-order valence-electron chi connectivity index (χ0n) is 41.9. The highest BCUT2D eigenvalue weighted by Gasteiger charge is 2.37. The zero-order chi connectivity index (χ0) is 55.0. The molecule has 400 valence electrons. The number of aryl methyl sites for hydroxylation is 4. The van der Waals surface area contributed by atoms with Crippen LogP contribution in [0.3, 0.4) is 0 Å². The Morgan fingerprint density at radius 2 is 0.922 bits per heavy atom. The van der Waals surface area contributed by atoms with Gasteiger partial charge in [-0.05, 0) is 97.5 Å². The van der Waals surface area contributed by atoms with Gasteiger partial charge in [-0.2, -0.15) is 26.3 Å². The smallest absolute Gasteiger partial charge is 0.377 e. The number of hydrogen-bond acceptors (Lipinski definition) is 11. The van der Waals surface area contributed by atoms with Gasteiger partial charge in [-0.15, -0.1) is 0 Å². The number of rotatable bonds is 20. The van der Waals surface area contributed by atoms with Gasteiger partial charge in [0.25, 0.3) is 11.8 Å². The monoisotopic (exact) mass is 1060 g/mol. The van der Waals surface area contributed by atoms with E-state index in [9.17, 15) is 45.5 Å². The third-order valence-corrected chi connectivity index (χ3v) is 11.9. The molecule has 4 heterocycles. The van der Waals surface area contributed by atoms with E-state index in [1.807, 2.05) is 26.2 Å². The van der Waals surface area contributed by atoms with Crippen LogP contribution < -0.4 is 21.3 Å². The molecule has 0 unspecified atom stereocenters. The molecule has 0 spiro atoms. The number of carbonyl (C=O) groups excluding carboxylic acids is 4. The second-order valence-electron chi connectivity index (χ2n) is 17.9. The summed E-state index contributed by atoms with van der Waals surface area (Å²) in [6.45, 7) is 5.70. The molecule has 0 saturated heterocycles. The van der Waals surface area contributed by atoms with Crippen LogP contribution >= 0.6 is 0 Å². The Hall–Kier alpha value is -8.54. The maximum absolute atomic E-state index is 14.3. The van der Waals surface area contributed by atoms with Gasteiger partial charge in [0, 0.05) is 72.8 Å². The first kappa shape index (κ1) is 54.7. The van der Waals surface area contributed by atoms with Crippen LogP contribution in [0.25, 0.3) is 34.1 Å². The number of alkyl halides is 6. The number of anilines is 2. The van der Waals surface area contributed by atoms with Gasteiger partial charge in [0.05, 0.1) is 60.1 Å². The molecular weight excluding hydrogens is 1010 g/mol. The molecule has 23 heteroatoms. The highest BCUT2D eigenvalue weighted by Crippen LogP contribution is 2.36. The average Bonchev–Trinajstić information content (AvgIpc) is 4.03. The molecule has 4 aromatic carbocycles. The molecule has 8 aromatic rings. The third-order valence-electron chi connectivity index (χ3n) is 11.9. The maximum atomic E-state index is 14.3. The number of nitrogens with zero attached hydrogens (tertiary/aromatic N) is 6. The molecule has 0 aliphatic heterocycles. The molecule has 0 aliphatic rings. The zero-order valence-corrected chi connectivity index (χ0v) is 41.9. The highest BCUT2D eigenvalue weighted by atomic mass is 19.4. The minimum atomic E-state index is -4.90. The summed E-state index contributed by atoms with van der Waals surface area (Å²) in [5.74, 6) is -2.30. The first-order chi connectivity index (χ1) is 36.7. The van der Waals surface area contributed by atoms with Crippen molar-refractivity contribution in [2.45, 2.75) is 53.1 Å². The van der Waals surface area contributed by atoms with E-state index in [0.717, 1.165) is 35.4 Å². The number of benzene rings is 4. The topological polar surface area (TPSA) is 204 Å². The second kappa shape index (κ2) is 23.6. The molecule has 0 bridgehead atoms. The van der Waals surface area contributed by atoms with Crippen LogP contribution in [0.5, 0.6) is 0 Å². The molecular formula is C54H50F6N10O7.